The molecule has 0 unspecified atom stereocenters. The van der Waals surface area contributed by atoms with Gasteiger partial charge in [0.15, 0.2) is 0 Å². The minimum absolute atomic E-state index is 0.00438. The standard InChI is InChI=1S/C28H27FN3O8P/c1-28(2,17-39-41(35,36)37)12-10-18-4-9-25-24(14-18)32(3)27(34)23(16-38-25)31-26(33)22-15-21(11-13-30-22)40-20-7-5-19(29)6-8-20/h4-9,11,13-15,23H,16-17H2,1-3H3,(H,31,33)(H2,35,36,37)/t23-/m1/s1. The third-order valence-electron chi connectivity index (χ3n) is 5.81. The Hall–Kier alpha value is -4.27. The van der Waals surface area contributed by atoms with Crippen LogP contribution in [0.1, 0.15) is 29.9 Å². The largest absolute Gasteiger partial charge is 0.489 e. The quantitative estimate of drug-likeness (QED) is 0.280. The lowest BCUT2D eigenvalue weighted by Gasteiger charge is -2.20. The van der Waals surface area contributed by atoms with Crippen molar-refractivity contribution in [3.63, 3.8) is 0 Å². The Morgan fingerprint density at radius 2 is 1.93 bits per heavy atom. The number of hydrogen-bond acceptors (Lipinski definition) is 7. The first-order valence-electron chi connectivity index (χ1n) is 12.3. The summed E-state index contributed by atoms with van der Waals surface area (Å²) in [6, 6.07) is 12.3. The van der Waals surface area contributed by atoms with E-state index >= 15 is 0 Å². The van der Waals surface area contributed by atoms with Crippen molar-refractivity contribution in [1.82, 2.24) is 10.3 Å². The maximum atomic E-state index is 13.2. The van der Waals surface area contributed by atoms with E-state index in [1.165, 1.54) is 47.5 Å². The maximum Gasteiger partial charge on any atom is 0.469 e. The Morgan fingerprint density at radius 3 is 2.63 bits per heavy atom. The van der Waals surface area contributed by atoms with Crippen molar-refractivity contribution in [1.29, 1.82) is 0 Å². The number of halogens is 1. The van der Waals surface area contributed by atoms with Crippen molar-refractivity contribution in [3.05, 3.63) is 77.9 Å². The summed E-state index contributed by atoms with van der Waals surface area (Å²) < 4.78 is 40.2. The normalized spacial score (nSPS) is 15.1. The van der Waals surface area contributed by atoms with Gasteiger partial charge in [0.05, 0.1) is 17.7 Å². The Kier molecular flexibility index (Phi) is 8.75. The number of carbonyl (C=O) groups excluding carboxylic acids is 2. The van der Waals surface area contributed by atoms with Crippen molar-refractivity contribution in [2.75, 3.05) is 25.2 Å². The molecule has 0 fully saturated rings. The lowest BCUT2D eigenvalue weighted by atomic mass is 9.95. The number of nitrogens with zero attached hydrogens (tertiary/aromatic N) is 2. The molecule has 4 rings (SSSR count). The molecule has 2 aromatic carbocycles. The Labute approximate surface area is 235 Å². The van der Waals surface area contributed by atoms with E-state index in [2.05, 4.69) is 26.7 Å². The summed E-state index contributed by atoms with van der Waals surface area (Å²) in [4.78, 5) is 49.5. The highest BCUT2D eigenvalue weighted by Gasteiger charge is 2.31. The fourth-order valence-corrected chi connectivity index (χ4v) is 4.16. The van der Waals surface area contributed by atoms with Crippen molar-refractivity contribution >= 4 is 25.3 Å². The Balaban J connectivity index is 1.45. The zero-order valence-electron chi connectivity index (χ0n) is 22.3. The molecule has 3 N–H and O–H groups in total. The van der Waals surface area contributed by atoms with E-state index in [1.807, 2.05) is 0 Å². The molecule has 13 heteroatoms. The highest BCUT2D eigenvalue weighted by Crippen LogP contribution is 2.38. The highest BCUT2D eigenvalue weighted by atomic mass is 31.2. The van der Waals surface area contributed by atoms with Gasteiger partial charge in [0.2, 0.25) is 0 Å². The highest BCUT2D eigenvalue weighted by molar-refractivity contribution is 7.46. The number of phosphoric ester groups is 1. The summed E-state index contributed by atoms with van der Waals surface area (Å²) in [5, 5.41) is 2.65. The van der Waals surface area contributed by atoms with Crippen LogP contribution in [0.2, 0.25) is 0 Å². The summed E-state index contributed by atoms with van der Waals surface area (Å²) in [6.45, 7) is 2.93. The van der Waals surface area contributed by atoms with E-state index in [-0.39, 0.29) is 18.9 Å². The van der Waals surface area contributed by atoms with Crippen LogP contribution in [-0.4, -0.2) is 52.9 Å². The summed E-state index contributed by atoms with van der Waals surface area (Å²) in [5.74, 6) is 5.46. The number of anilines is 1. The van der Waals surface area contributed by atoms with E-state index in [0.717, 1.165) is 0 Å². The minimum atomic E-state index is -4.63. The Morgan fingerprint density at radius 1 is 1.20 bits per heavy atom. The second kappa shape index (κ2) is 12.1. The molecule has 2 amide bonds. The van der Waals surface area contributed by atoms with Gasteiger partial charge in [0.1, 0.15) is 41.4 Å². The number of rotatable bonds is 7. The van der Waals surface area contributed by atoms with Crippen LogP contribution in [0.4, 0.5) is 10.1 Å². The lowest BCUT2D eigenvalue weighted by Crippen LogP contribution is -2.49. The van der Waals surface area contributed by atoms with Gasteiger partial charge >= 0.3 is 7.82 Å². The predicted octanol–water partition coefficient (Wildman–Crippen LogP) is 3.65. The third kappa shape index (κ3) is 8.13. The first-order chi connectivity index (χ1) is 19.3. The summed E-state index contributed by atoms with van der Waals surface area (Å²) in [7, 11) is -3.09. The smallest absolute Gasteiger partial charge is 0.469 e. The SMILES string of the molecule is CN1C(=O)[C@H](NC(=O)c2cc(Oc3ccc(F)cc3)ccn2)COc2ccc(C#CC(C)(C)COP(=O)(O)O)cc21. The zero-order chi connectivity index (χ0) is 29.8. The number of phosphoric acid groups is 1. The summed E-state index contributed by atoms with van der Waals surface area (Å²) >= 11 is 0. The van der Waals surface area contributed by atoms with Gasteiger partial charge in [0, 0.05) is 24.9 Å². The number of carbonyl (C=O) groups is 2. The predicted molar refractivity (Wildman–Crippen MR) is 146 cm³/mol. The van der Waals surface area contributed by atoms with Crippen LogP contribution in [0, 0.1) is 23.1 Å². The number of likely N-dealkylation sites (N-methyl/N-ethyl adjacent to an activating group) is 1. The average Bonchev–Trinajstić information content (AvgIpc) is 3.04. The van der Waals surface area contributed by atoms with Gasteiger partial charge in [-0.25, -0.2) is 8.96 Å². The van der Waals surface area contributed by atoms with Crippen LogP contribution in [0.15, 0.2) is 60.8 Å². The van der Waals surface area contributed by atoms with Crippen molar-refractivity contribution < 1.29 is 42.3 Å². The lowest BCUT2D eigenvalue weighted by molar-refractivity contribution is -0.120. The fourth-order valence-electron chi connectivity index (χ4n) is 3.67. The first kappa shape index (κ1) is 29.7. The van der Waals surface area contributed by atoms with Gasteiger partial charge in [0.25, 0.3) is 11.8 Å². The number of hydrogen-bond donors (Lipinski definition) is 3. The number of pyridine rings is 1. The molecule has 1 aliphatic rings. The Bertz CT molecular complexity index is 1560. The third-order valence-corrected chi connectivity index (χ3v) is 6.28. The molecule has 11 nitrogen and oxygen atoms in total. The number of aromatic nitrogens is 1. The summed E-state index contributed by atoms with van der Waals surface area (Å²) in [6.07, 6.45) is 1.38. The minimum Gasteiger partial charge on any atom is -0.489 e. The van der Waals surface area contributed by atoms with Crippen LogP contribution in [0.25, 0.3) is 0 Å². The van der Waals surface area contributed by atoms with Crippen molar-refractivity contribution in [3.8, 4) is 29.1 Å². The van der Waals surface area contributed by atoms with Gasteiger partial charge in [-0.3, -0.25) is 19.1 Å². The maximum absolute atomic E-state index is 13.2. The monoisotopic (exact) mass is 583 g/mol. The second-order valence-corrected chi connectivity index (χ2v) is 11.0. The molecule has 41 heavy (non-hydrogen) atoms. The molecular weight excluding hydrogens is 556 g/mol. The molecule has 0 bridgehead atoms. The number of nitrogens with one attached hydrogen (secondary N) is 1. The molecule has 1 atom stereocenters. The van der Waals surface area contributed by atoms with Crippen LogP contribution in [0.3, 0.4) is 0 Å². The molecular formula is C28H27FN3O8P. The van der Waals surface area contributed by atoms with E-state index in [0.29, 0.717) is 28.5 Å². The van der Waals surface area contributed by atoms with Crippen LogP contribution in [0.5, 0.6) is 17.2 Å². The van der Waals surface area contributed by atoms with E-state index in [4.69, 9.17) is 19.3 Å². The number of benzene rings is 2. The molecule has 0 aliphatic carbocycles. The van der Waals surface area contributed by atoms with E-state index in [1.54, 1.807) is 39.1 Å². The molecule has 0 saturated heterocycles. The molecule has 0 spiro atoms. The van der Waals surface area contributed by atoms with Gasteiger partial charge in [-0.05, 0) is 62.4 Å². The summed E-state index contributed by atoms with van der Waals surface area (Å²) in [5.41, 5.74) is 0.0953. The van der Waals surface area contributed by atoms with Gasteiger partial charge < -0.3 is 29.5 Å². The molecule has 214 valence electrons. The molecule has 0 radical (unpaired) electrons. The molecule has 1 aliphatic heterocycles. The molecule has 2 heterocycles. The van der Waals surface area contributed by atoms with E-state index < -0.39 is 36.9 Å². The molecule has 0 saturated carbocycles. The zero-order valence-corrected chi connectivity index (χ0v) is 23.2. The number of fused-ring (bicyclic) bond motifs is 1. The molecule has 3 aromatic rings. The van der Waals surface area contributed by atoms with Gasteiger partial charge in [-0.2, -0.15) is 0 Å². The first-order valence-corrected chi connectivity index (χ1v) is 13.8. The second-order valence-electron chi connectivity index (χ2n) is 9.75. The number of amides is 2. The van der Waals surface area contributed by atoms with Crippen molar-refractivity contribution in [2.45, 2.75) is 19.9 Å². The van der Waals surface area contributed by atoms with Gasteiger partial charge in [-0.15, -0.1) is 0 Å². The van der Waals surface area contributed by atoms with Crippen LogP contribution >= 0.6 is 7.82 Å². The van der Waals surface area contributed by atoms with E-state index in [9.17, 15) is 18.5 Å². The van der Waals surface area contributed by atoms with Gasteiger partial charge in [-0.1, -0.05) is 11.8 Å². The van der Waals surface area contributed by atoms with Crippen LogP contribution in [-0.2, 0) is 13.9 Å². The molecule has 1 aromatic heterocycles. The average molecular weight is 584 g/mol. The van der Waals surface area contributed by atoms with Crippen LogP contribution < -0.4 is 19.7 Å². The van der Waals surface area contributed by atoms with Crippen molar-refractivity contribution in [2.24, 2.45) is 5.41 Å². The fraction of sp³-hybridized carbons (Fsp3) is 0.250. The topological polar surface area (TPSA) is 148 Å². The number of ether oxygens (including phenoxy) is 2.